The third kappa shape index (κ3) is 27.7. The van der Waals surface area contributed by atoms with Crippen molar-refractivity contribution in [3.63, 3.8) is 0 Å². The first-order valence-electron chi connectivity index (χ1n) is 30.2. The lowest BCUT2D eigenvalue weighted by Gasteiger charge is -2.31. The number of amides is 11. The van der Waals surface area contributed by atoms with E-state index in [-0.39, 0.29) is 80.6 Å². The zero-order chi connectivity index (χ0) is 73.2. The van der Waals surface area contributed by atoms with E-state index in [1.165, 1.54) is 29.2 Å². The summed E-state index contributed by atoms with van der Waals surface area (Å²) in [5.41, 5.74) is 40.9. The molecule has 0 aromatic heterocycles. The number of nitrogens with zero attached hydrogens (tertiary/aromatic N) is 2. The van der Waals surface area contributed by atoms with Crippen molar-refractivity contribution in [2.45, 2.75) is 119 Å². The number of carbonyl (C=O) groups excluding carboxylic acids is 11. The van der Waals surface area contributed by atoms with E-state index in [0.717, 1.165) is 34.3 Å². The summed E-state index contributed by atoms with van der Waals surface area (Å²) in [5.74, 6) is -9.97. The molecule has 9 atom stereocenters. The number of benzene rings is 4. The zero-order valence-electron chi connectivity index (χ0n) is 52.7. The number of hydrogen-bond donors (Lipinski definition) is 17. The number of rotatable bonds is 24. The van der Waals surface area contributed by atoms with Crippen LogP contribution in [0.4, 0.5) is 0 Å². The van der Waals surface area contributed by atoms with E-state index in [0.29, 0.717) is 36.2 Å². The molecule has 2 saturated heterocycles. The minimum atomic E-state index is -1.80. The Balaban J connectivity index is 0.000000615. The zero-order valence-corrected chi connectivity index (χ0v) is 63.0. The maximum Gasteiger partial charge on any atom is 0.320 e. The molecule has 0 saturated carbocycles. The largest absolute Gasteiger partial charge is 0.508 e. The third-order valence-corrected chi connectivity index (χ3v) is 20.4. The number of carboxylic acids is 1. The molecule has 0 radical (unpaired) electrons. The second kappa shape index (κ2) is 40.8. The maximum absolute atomic E-state index is 14.6. The first kappa shape index (κ1) is 82.4. The maximum atomic E-state index is 14.6. The van der Waals surface area contributed by atoms with E-state index >= 15 is 0 Å². The molecule has 536 valence electrons. The Labute approximate surface area is 630 Å². The molecule has 38 heteroatoms. The fourth-order valence-corrected chi connectivity index (χ4v) is 15.8. The molecule has 0 spiro atoms. The van der Waals surface area contributed by atoms with Crippen molar-refractivity contribution in [3.05, 3.63) is 110 Å². The Bertz CT molecular complexity index is 3580. The molecular formula is C61H76I4N16O16S2. The van der Waals surface area contributed by atoms with E-state index in [9.17, 15) is 67.7 Å². The van der Waals surface area contributed by atoms with Crippen molar-refractivity contribution in [2.75, 3.05) is 31.1 Å². The number of ether oxygens (including phenoxy) is 1. The molecule has 2 aliphatic heterocycles. The summed E-state index contributed by atoms with van der Waals surface area (Å²) in [4.78, 5) is 164. The van der Waals surface area contributed by atoms with Crippen LogP contribution in [0.3, 0.4) is 0 Å². The number of aliphatic carboxylic acids is 1. The molecular weight excluding hydrogens is 1780 g/mol. The quantitative estimate of drug-likeness (QED) is 0.0134. The molecule has 2 fully saturated rings. The number of nitrogens with two attached hydrogens (primary N) is 7. The highest BCUT2D eigenvalue weighted by molar-refractivity contribution is 14.1. The molecule has 11 amide bonds. The van der Waals surface area contributed by atoms with Crippen LogP contribution >= 0.6 is 112 Å². The minimum Gasteiger partial charge on any atom is -0.508 e. The van der Waals surface area contributed by atoms with Gasteiger partial charge in [-0.15, -0.1) is 0 Å². The molecule has 24 N–H and O–H groups in total. The molecule has 2 heterocycles. The number of phenolic OH excluding ortho intramolecular Hbond substituents is 2. The Hall–Kier alpha value is -7.27. The molecule has 0 aliphatic carbocycles. The van der Waals surface area contributed by atoms with Gasteiger partial charge >= 0.3 is 5.97 Å². The van der Waals surface area contributed by atoms with Gasteiger partial charge in [0, 0.05) is 43.9 Å². The molecule has 0 unspecified atom stereocenters. The summed E-state index contributed by atoms with van der Waals surface area (Å²) < 4.78 is 9.14. The first-order valence-corrected chi connectivity index (χ1v) is 37.1. The van der Waals surface area contributed by atoms with Crippen LogP contribution in [-0.4, -0.2) is 183 Å². The number of carboxylic acid groups (broad SMARTS) is 1. The van der Waals surface area contributed by atoms with Gasteiger partial charge in [-0.1, -0.05) is 64.1 Å². The molecule has 99 heavy (non-hydrogen) atoms. The van der Waals surface area contributed by atoms with E-state index in [4.69, 9.17) is 50.0 Å². The van der Waals surface area contributed by atoms with Crippen LogP contribution in [-0.2, 0) is 76.8 Å². The predicted molar refractivity (Wildman–Crippen MR) is 400 cm³/mol. The summed E-state index contributed by atoms with van der Waals surface area (Å²) >= 11 is 8.42. The van der Waals surface area contributed by atoms with Crippen molar-refractivity contribution < 1.29 is 77.6 Å². The minimum absolute atomic E-state index is 0.00106. The molecule has 4 aromatic carbocycles. The number of guanidine groups is 1. The second-order valence-corrected chi connectivity index (χ2v) is 29.7. The molecule has 32 nitrogen and oxygen atoms in total. The number of halogens is 4. The number of primary amides is 3. The smallest absolute Gasteiger partial charge is 0.320 e. The van der Waals surface area contributed by atoms with Crippen molar-refractivity contribution in [1.29, 1.82) is 0 Å². The molecule has 0 bridgehead atoms. The Morgan fingerprint density at radius 1 is 0.677 bits per heavy atom. The lowest BCUT2D eigenvalue weighted by molar-refractivity contribution is -0.142. The lowest BCUT2D eigenvalue weighted by atomic mass is 10.0. The van der Waals surface area contributed by atoms with Crippen LogP contribution in [0.2, 0.25) is 0 Å². The van der Waals surface area contributed by atoms with Gasteiger partial charge in [-0.2, -0.15) is 0 Å². The number of phenols is 2. The van der Waals surface area contributed by atoms with Crippen molar-refractivity contribution in [1.82, 2.24) is 42.1 Å². The number of hydrogen-bond acceptors (Lipinski definition) is 20. The van der Waals surface area contributed by atoms with E-state index in [2.05, 4.69) is 133 Å². The fourth-order valence-electron chi connectivity index (χ4n) is 9.69. The van der Waals surface area contributed by atoms with E-state index < -0.39 is 151 Å². The van der Waals surface area contributed by atoms with Crippen LogP contribution in [0, 0.1) is 14.3 Å². The van der Waals surface area contributed by atoms with Gasteiger partial charge in [-0.05, 0) is 182 Å². The number of carbonyl (C=O) groups is 12. The van der Waals surface area contributed by atoms with Crippen LogP contribution in [0.5, 0.6) is 23.0 Å². The number of aromatic hydroxyl groups is 2. The summed E-state index contributed by atoms with van der Waals surface area (Å²) in [6.45, 7) is -0.443. The van der Waals surface area contributed by atoms with Gasteiger partial charge in [-0.25, -0.2) is 0 Å². The normalized spacial score (nSPS) is 20.0. The average Bonchev–Trinajstić information content (AvgIpc) is 1.81. The molecule has 2 aliphatic rings. The summed E-state index contributed by atoms with van der Waals surface area (Å²) in [6.07, 6.45) is -1.12. The summed E-state index contributed by atoms with van der Waals surface area (Å²) in [5, 5.41) is 46.4. The Morgan fingerprint density at radius 2 is 1.23 bits per heavy atom. The van der Waals surface area contributed by atoms with Crippen molar-refractivity contribution >= 4 is 189 Å². The average molecular weight is 1860 g/mol. The lowest BCUT2D eigenvalue weighted by Crippen LogP contribution is -2.61. The van der Waals surface area contributed by atoms with Gasteiger partial charge < -0.3 is 102 Å². The SMILES string of the molecule is NC(=O)CC[C@@H]1NC(=O)[C@H](Cc2ccccc2)NC(=O)[C@H](Cc2ccc(O)cc2)NC(=O)[C@@H](N)CSSC[C@@H](C(=O)N2CCC[C@H]2C(=O)N[C@@H](CCCN=C(N)N)C(=O)NCC(N)=O)NC(=O)[C@H](CC(N)=O)NC1=O.N[C@@H](Cc1cc(I)c(Oc2cc(I)c(O)c(I)c2)c(I)c1)C(=O)O. The van der Waals surface area contributed by atoms with Crippen molar-refractivity contribution in [2.24, 2.45) is 45.1 Å². The van der Waals surface area contributed by atoms with Gasteiger partial charge in [0.2, 0.25) is 65.0 Å². The molecule has 6 rings (SSSR count). The highest BCUT2D eigenvalue weighted by atomic mass is 127. The van der Waals surface area contributed by atoms with E-state index in [1.54, 1.807) is 42.5 Å². The van der Waals surface area contributed by atoms with Gasteiger partial charge in [0.1, 0.15) is 65.6 Å². The Morgan fingerprint density at radius 3 is 1.81 bits per heavy atom. The first-order chi connectivity index (χ1) is 46.8. The number of likely N-dealkylation sites (tertiary alicyclic amines) is 1. The molecule has 4 aromatic rings. The third-order valence-electron chi connectivity index (χ3n) is 14.7. The fraction of sp³-hybridized carbons (Fsp3) is 0.393. The van der Waals surface area contributed by atoms with Crippen LogP contribution in [0.1, 0.15) is 61.6 Å². The highest BCUT2D eigenvalue weighted by Crippen LogP contribution is 2.37. The standard InChI is InChI=1S/C46H65N15O12S2.C15H11I4NO4/c47-27-22-74-75-23-33(45(73)61-17-5-9-34(61)44(72)56-28(8-4-16-53-46(51)52)39(67)54-21-37(50)65)60-43(71)32(20-36(49)64)59-40(68)29(14-15-35(48)63)55-41(69)31(18-24-6-2-1-3-7-24)58-42(70)30(57-38(27)66)19-25-10-12-26(62)13-11-25;16-8-4-7(5-9(17)13(8)21)24-14-10(18)1-6(2-11(14)19)3-12(20)15(22)23/h1-3,6-7,10-13,27-34,62H,4-5,8-9,14-23,47H2,(H2,48,63)(H2,49,64)(H2,50,65)(H,54,67)(H,55,69)(H,56,72)(H,57,66)(H,58,70)(H,59,68)(H,60,71)(H4,51,52,53);1-2,4-5,12,21H,3,20H2,(H,22,23)/t27-,28-,29-,30-,31-,32-,33-,34-;12-/m00/s1. The van der Waals surface area contributed by atoms with Gasteiger partial charge in [-0.3, -0.25) is 62.5 Å². The van der Waals surface area contributed by atoms with E-state index in [1.807, 2.05) is 12.1 Å². The monoisotopic (exact) mass is 1860 g/mol. The second-order valence-electron chi connectivity index (χ2n) is 22.5. The van der Waals surface area contributed by atoms with Crippen LogP contribution in [0.25, 0.3) is 0 Å². The van der Waals surface area contributed by atoms with Crippen molar-refractivity contribution in [3.8, 4) is 23.0 Å². The van der Waals surface area contributed by atoms with Gasteiger partial charge in [0.05, 0.1) is 33.3 Å². The van der Waals surface area contributed by atoms with Gasteiger partial charge in [0.15, 0.2) is 11.7 Å². The summed E-state index contributed by atoms with van der Waals surface area (Å²) in [6, 6.07) is 9.14. The van der Waals surface area contributed by atoms with Crippen LogP contribution in [0.15, 0.2) is 83.9 Å². The number of aliphatic imine (C=N–C) groups is 1. The van der Waals surface area contributed by atoms with Gasteiger partial charge in [0.25, 0.3) is 0 Å². The van der Waals surface area contributed by atoms with Crippen LogP contribution < -0.4 is 82.1 Å². The Kier molecular flexibility index (Phi) is 34.0. The number of nitrogens with one attached hydrogen (secondary N) is 7. The predicted octanol–water partition coefficient (Wildman–Crippen LogP) is -0.847. The topological polar surface area (TPSA) is 557 Å². The highest BCUT2D eigenvalue weighted by Gasteiger charge is 2.41. The summed E-state index contributed by atoms with van der Waals surface area (Å²) in [7, 11) is 1.99.